The Balaban J connectivity index is 2.09. The van der Waals surface area contributed by atoms with Gasteiger partial charge in [0.25, 0.3) is 0 Å². The minimum Gasteiger partial charge on any atom is -0.240 e. The monoisotopic (exact) mass is 230 g/mol. The van der Waals surface area contributed by atoms with Gasteiger partial charge in [0.15, 0.2) is 0 Å². The van der Waals surface area contributed by atoms with Crippen molar-refractivity contribution in [2.24, 2.45) is 5.41 Å². The van der Waals surface area contributed by atoms with Crippen molar-refractivity contribution in [1.82, 2.24) is 20.3 Å². The molecule has 2 bridgehead atoms. The Kier molecular flexibility index (Phi) is 1.39. The van der Waals surface area contributed by atoms with Crippen LogP contribution in [-0.4, -0.2) is 20.3 Å². The van der Waals surface area contributed by atoms with E-state index in [4.69, 9.17) is 4.63 Å². The molecule has 2 heterocycles. The van der Waals surface area contributed by atoms with Crippen molar-refractivity contribution in [2.75, 3.05) is 0 Å². The number of aromatic nitrogens is 4. The van der Waals surface area contributed by atoms with Gasteiger partial charge in [-0.2, -0.15) is 0 Å². The average Bonchev–Trinajstić information content (AvgIpc) is 2.85. The first-order valence-corrected chi connectivity index (χ1v) is 6.05. The second-order valence-electron chi connectivity index (χ2n) is 6.01. The van der Waals surface area contributed by atoms with Gasteiger partial charge in [-0.3, -0.25) is 0 Å². The van der Waals surface area contributed by atoms with E-state index in [-0.39, 0.29) is 10.8 Å². The quantitative estimate of drug-likeness (QED) is 0.694. The van der Waals surface area contributed by atoms with E-state index in [1.54, 1.807) is 0 Å². The molecule has 2 aliphatic carbocycles. The van der Waals surface area contributed by atoms with Gasteiger partial charge in [-0.15, -0.1) is 0 Å². The van der Waals surface area contributed by atoms with Crippen LogP contribution in [0.25, 0.3) is 11.3 Å². The molecule has 4 rings (SSSR count). The maximum absolute atomic E-state index is 4.69. The summed E-state index contributed by atoms with van der Waals surface area (Å²) in [4.78, 5) is 9.25. The molecular weight excluding hydrogens is 216 g/mol. The molecule has 2 atom stereocenters. The van der Waals surface area contributed by atoms with Gasteiger partial charge in [0.1, 0.15) is 0 Å². The van der Waals surface area contributed by atoms with E-state index in [0.717, 1.165) is 11.4 Å². The zero-order valence-corrected chi connectivity index (χ0v) is 10.2. The number of fused-ring (bicyclic) bond motifs is 6. The molecule has 0 amide bonds. The second-order valence-corrected chi connectivity index (χ2v) is 6.01. The zero-order chi connectivity index (χ0) is 11.8. The Morgan fingerprint density at radius 3 is 2.59 bits per heavy atom. The van der Waals surface area contributed by atoms with E-state index in [0.29, 0.717) is 17.2 Å². The summed E-state index contributed by atoms with van der Waals surface area (Å²) < 4.78 is 4.69. The predicted molar refractivity (Wildman–Crippen MR) is 60.5 cm³/mol. The highest BCUT2D eigenvalue weighted by atomic mass is 16.6. The van der Waals surface area contributed by atoms with Gasteiger partial charge < -0.3 is 0 Å². The molecule has 0 aromatic carbocycles. The fourth-order valence-electron chi connectivity index (χ4n) is 3.70. The van der Waals surface area contributed by atoms with Crippen molar-refractivity contribution < 1.29 is 4.63 Å². The van der Waals surface area contributed by atoms with Gasteiger partial charge >= 0.3 is 0 Å². The molecule has 1 fully saturated rings. The van der Waals surface area contributed by atoms with Crippen LogP contribution in [0.5, 0.6) is 0 Å². The van der Waals surface area contributed by atoms with Crippen LogP contribution in [0.2, 0.25) is 0 Å². The summed E-state index contributed by atoms with van der Waals surface area (Å²) in [5, 5.41) is 7.59. The lowest BCUT2D eigenvalue weighted by atomic mass is 9.70. The predicted octanol–water partition coefficient (Wildman–Crippen LogP) is 2.19. The highest BCUT2D eigenvalue weighted by Crippen LogP contribution is 2.66. The molecule has 2 aromatic heterocycles. The third-order valence-electron chi connectivity index (χ3n) is 5.22. The van der Waals surface area contributed by atoms with E-state index in [1.165, 1.54) is 12.8 Å². The molecule has 0 saturated heterocycles. The van der Waals surface area contributed by atoms with Crippen LogP contribution in [0.1, 0.15) is 50.9 Å². The first kappa shape index (κ1) is 9.50. The second kappa shape index (κ2) is 2.49. The van der Waals surface area contributed by atoms with Crippen LogP contribution in [0, 0.1) is 5.41 Å². The van der Waals surface area contributed by atoms with E-state index in [2.05, 4.69) is 41.1 Å². The number of hydrogen-bond donors (Lipinski definition) is 0. The average molecular weight is 230 g/mol. The van der Waals surface area contributed by atoms with Crippen LogP contribution in [0.15, 0.2) is 4.63 Å². The molecule has 0 radical (unpaired) electrons. The lowest BCUT2D eigenvalue weighted by Gasteiger charge is -2.33. The summed E-state index contributed by atoms with van der Waals surface area (Å²) in [7, 11) is 0. The van der Waals surface area contributed by atoms with Crippen LogP contribution >= 0.6 is 0 Å². The molecular formula is C12H14N4O. The van der Waals surface area contributed by atoms with Gasteiger partial charge in [-0.25, -0.2) is 14.6 Å². The van der Waals surface area contributed by atoms with Crippen LogP contribution < -0.4 is 0 Å². The SMILES string of the molecule is CC12CCC(c3nc4nonc4nc31)C2(C)C. The van der Waals surface area contributed by atoms with E-state index in [9.17, 15) is 0 Å². The highest BCUT2D eigenvalue weighted by Gasteiger charge is 2.61. The number of nitrogens with zero attached hydrogens (tertiary/aromatic N) is 4. The fourth-order valence-corrected chi connectivity index (χ4v) is 3.70. The van der Waals surface area contributed by atoms with Gasteiger partial charge in [0.05, 0.1) is 11.4 Å². The highest BCUT2D eigenvalue weighted by molar-refractivity contribution is 5.65. The fraction of sp³-hybridized carbons (Fsp3) is 0.667. The molecule has 2 unspecified atom stereocenters. The normalized spacial score (nSPS) is 33.2. The van der Waals surface area contributed by atoms with Crippen LogP contribution in [0.4, 0.5) is 0 Å². The van der Waals surface area contributed by atoms with Gasteiger partial charge in [-0.05, 0) is 28.6 Å². The zero-order valence-electron chi connectivity index (χ0n) is 10.2. The topological polar surface area (TPSA) is 64.7 Å². The minimum atomic E-state index is 0.118. The number of hydrogen-bond acceptors (Lipinski definition) is 5. The summed E-state index contributed by atoms with van der Waals surface area (Å²) in [5.74, 6) is 0.496. The van der Waals surface area contributed by atoms with Gasteiger partial charge in [-0.1, -0.05) is 20.8 Å². The molecule has 0 spiro atoms. The third-order valence-corrected chi connectivity index (χ3v) is 5.22. The Morgan fingerprint density at radius 1 is 1.12 bits per heavy atom. The van der Waals surface area contributed by atoms with Crippen molar-refractivity contribution in [3.05, 3.63) is 11.4 Å². The lowest BCUT2D eigenvalue weighted by Crippen LogP contribution is -2.31. The minimum absolute atomic E-state index is 0.118. The largest absolute Gasteiger partial charge is 0.243 e. The Labute approximate surface area is 98.6 Å². The molecule has 0 aliphatic heterocycles. The van der Waals surface area contributed by atoms with Crippen LogP contribution in [0.3, 0.4) is 0 Å². The van der Waals surface area contributed by atoms with Crippen molar-refractivity contribution in [3.63, 3.8) is 0 Å². The first-order valence-electron chi connectivity index (χ1n) is 6.05. The molecule has 5 heteroatoms. The van der Waals surface area contributed by atoms with E-state index >= 15 is 0 Å². The van der Waals surface area contributed by atoms with Crippen LogP contribution in [-0.2, 0) is 5.41 Å². The number of rotatable bonds is 0. The Bertz CT molecular complexity index is 632. The standard InChI is InChI=1S/C12H14N4O/c1-11(2)6-4-5-12(11,3)8-7(6)13-9-10(14-8)16-17-15-9/h6H,4-5H2,1-3H3. The molecule has 17 heavy (non-hydrogen) atoms. The van der Waals surface area contributed by atoms with E-state index < -0.39 is 0 Å². The summed E-state index contributed by atoms with van der Waals surface area (Å²) in [6.45, 7) is 6.95. The van der Waals surface area contributed by atoms with Crippen molar-refractivity contribution in [3.8, 4) is 0 Å². The molecule has 2 aliphatic rings. The molecule has 5 nitrogen and oxygen atoms in total. The Hall–Kier alpha value is -1.52. The lowest BCUT2D eigenvalue weighted by molar-refractivity contribution is 0.227. The Morgan fingerprint density at radius 2 is 1.82 bits per heavy atom. The third kappa shape index (κ3) is 0.851. The van der Waals surface area contributed by atoms with Gasteiger partial charge in [0.2, 0.25) is 11.3 Å². The van der Waals surface area contributed by atoms with Gasteiger partial charge in [0, 0.05) is 11.3 Å². The maximum Gasteiger partial charge on any atom is 0.243 e. The summed E-state index contributed by atoms with van der Waals surface area (Å²) in [6.07, 6.45) is 2.38. The molecule has 0 N–H and O–H groups in total. The summed E-state index contributed by atoms with van der Waals surface area (Å²) in [6, 6.07) is 0. The molecule has 1 saturated carbocycles. The van der Waals surface area contributed by atoms with E-state index in [1.807, 2.05) is 0 Å². The summed E-state index contributed by atoms with van der Waals surface area (Å²) in [5.41, 5.74) is 3.65. The molecule has 88 valence electrons. The van der Waals surface area contributed by atoms with Crippen molar-refractivity contribution in [1.29, 1.82) is 0 Å². The summed E-state index contributed by atoms with van der Waals surface area (Å²) >= 11 is 0. The maximum atomic E-state index is 4.69. The smallest absolute Gasteiger partial charge is 0.240 e. The van der Waals surface area contributed by atoms with Crippen molar-refractivity contribution in [2.45, 2.75) is 44.9 Å². The van der Waals surface area contributed by atoms with Crippen molar-refractivity contribution >= 4 is 11.3 Å². The molecule has 2 aromatic rings. The first-order chi connectivity index (χ1) is 8.04.